The molecule has 124 valence electrons. The molecule has 9 nitrogen and oxygen atoms in total. The van der Waals surface area contributed by atoms with Crippen LogP contribution in [0, 0.1) is 5.92 Å². The van der Waals surface area contributed by atoms with Crippen molar-refractivity contribution in [2.75, 3.05) is 6.61 Å². The second kappa shape index (κ2) is 8.90. The Kier molecular flexibility index (Phi) is 8.37. The van der Waals surface area contributed by atoms with Gasteiger partial charge in [0, 0.05) is 25.9 Å². The highest BCUT2D eigenvalue weighted by Gasteiger charge is 2.36. The van der Waals surface area contributed by atoms with Gasteiger partial charge in [0.2, 0.25) is 5.91 Å². The van der Waals surface area contributed by atoms with Gasteiger partial charge in [-0.3, -0.25) is 4.79 Å². The van der Waals surface area contributed by atoms with Gasteiger partial charge in [-0.05, 0) is 0 Å². The molecule has 6 atom stereocenters. The highest BCUT2D eigenvalue weighted by Crippen LogP contribution is 2.15. The number of aliphatic hydroxyl groups is 5. The minimum Gasteiger partial charge on any atom is -0.479 e. The van der Waals surface area contributed by atoms with E-state index in [0.717, 1.165) is 6.92 Å². The lowest BCUT2D eigenvalue weighted by atomic mass is 9.90. The predicted octanol–water partition coefficient (Wildman–Crippen LogP) is -2.96. The summed E-state index contributed by atoms with van der Waals surface area (Å²) in [4.78, 5) is 21.6. The van der Waals surface area contributed by atoms with Crippen LogP contribution in [0.2, 0.25) is 0 Å². The van der Waals surface area contributed by atoms with Crippen molar-refractivity contribution in [3.8, 4) is 0 Å². The average Bonchev–Trinajstić information content (AvgIpc) is 2.41. The minimum atomic E-state index is -1.88. The molecule has 0 radical (unpaired) electrons. The van der Waals surface area contributed by atoms with Crippen molar-refractivity contribution >= 4 is 11.9 Å². The van der Waals surface area contributed by atoms with Crippen molar-refractivity contribution in [3.05, 3.63) is 0 Å². The molecule has 0 spiro atoms. The van der Waals surface area contributed by atoms with Gasteiger partial charge in [-0.15, -0.1) is 0 Å². The Morgan fingerprint density at radius 3 is 2.00 bits per heavy atom. The van der Waals surface area contributed by atoms with Crippen LogP contribution in [-0.4, -0.2) is 79.6 Å². The maximum absolute atomic E-state index is 11.1. The first-order chi connectivity index (χ1) is 9.61. The Hall–Kier alpha value is -1.26. The fourth-order valence-electron chi connectivity index (χ4n) is 1.78. The molecule has 0 saturated heterocycles. The topological polar surface area (TPSA) is 168 Å². The van der Waals surface area contributed by atoms with Crippen molar-refractivity contribution in [3.63, 3.8) is 0 Å². The Morgan fingerprint density at radius 2 is 1.62 bits per heavy atom. The number of carboxylic acids is 1. The molecule has 0 aliphatic heterocycles. The quantitative estimate of drug-likeness (QED) is 0.237. The van der Waals surface area contributed by atoms with E-state index in [1.54, 1.807) is 0 Å². The Balaban J connectivity index is 5.00. The number of carboxylic acid groups (broad SMARTS) is 1. The monoisotopic (exact) mass is 309 g/mol. The molecule has 0 aromatic heterocycles. The van der Waals surface area contributed by atoms with Crippen LogP contribution >= 0.6 is 0 Å². The van der Waals surface area contributed by atoms with Crippen LogP contribution in [0.1, 0.15) is 20.3 Å². The van der Waals surface area contributed by atoms with Crippen LogP contribution in [0.5, 0.6) is 0 Å². The zero-order valence-electron chi connectivity index (χ0n) is 11.9. The molecule has 0 bridgehead atoms. The zero-order valence-corrected chi connectivity index (χ0v) is 11.9. The summed E-state index contributed by atoms with van der Waals surface area (Å²) < 4.78 is 0. The molecule has 1 amide bonds. The largest absolute Gasteiger partial charge is 0.479 e. The van der Waals surface area contributed by atoms with Crippen molar-refractivity contribution in [2.45, 2.75) is 50.7 Å². The van der Waals surface area contributed by atoms with Crippen molar-refractivity contribution in [1.82, 2.24) is 5.32 Å². The number of aliphatic hydroxyl groups excluding tert-OH is 5. The van der Waals surface area contributed by atoms with E-state index in [4.69, 9.17) is 10.2 Å². The Bertz CT molecular complexity index is 350. The van der Waals surface area contributed by atoms with Crippen LogP contribution in [0.25, 0.3) is 0 Å². The maximum Gasteiger partial charge on any atom is 0.332 e. The lowest BCUT2D eigenvalue weighted by Gasteiger charge is -2.33. The second-order valence-electron chi connectivity index (χ2n) is 5.02. The molecule has 0 aliphatic rings. The number of amides is 1. The van der Waals surface area contributed by atoms with Gasteiger partial charge in [-0.1, -0.05) is 6.92 Å². The molecule has 0 aliphatic carbocycles. The lowest BCUT2D eigenvalue weighted by molar-refractivity contribution is -0.149. The fourth-order valence-corrected chi connectivity index (χ4v) is 1.78. The van der Waals surface area contributed by atoms with E-state index >= 15 is 0 Å². The normalized spacial score (nSPS) is 20.0. The van der Waals surface area contributed by atoms with Gasteiger partial charge < -0.3 is 36.0 Å². The highest BCUT2D eigenvalue weighted by atomic mass is 16.4. The minimum absolute atomic E-state index is 0.432. The molecule has 0 fully saturated rings. The van der Waals surface area contributed by atoms with Crippen molar-refractivity contribution in [1.29, 1.82) is 0 Å². The first kappa shape index (κ1) is 19.7. The number of nitrogens with one attached hydrogen (secondary N) is 1. The SMILES string of the molecule is CC(=O)NC(C(O)CC(O)C(=O)O)C(O)C(O)C(C)CO. The molecule has 0 heterocycles. The first-order valence-electron chi connectivity index (χ1n) is 6.44. The summed E-state index contributed by atoms with van der Waals surface area (Å²) in [6.45, 7) is 2.12. The molecule has 0 rings (SSSR count). The molecule has 0 aromatic carbocycles. The van der Waals surface area contributed by atoms with Gasteiger partial charge in [0.15, 0.2) is 6.10 Å². The standard InChI is InChI=1S/C12H23NO8/c1-5(4-14)10(18)11(19)9(13-6(2)15)7(16)3-8(17)12(20)21/h5,7-11,14,16-19H,3-4H2,1-2H3,(H,13,15)(H,20,21). The number of rotatable bonds is 9. The second-order valence-corrected chi connectivity index (χ2v) is 5.02. The zero-order chi connectivity index (χ0) is 16.7. The summed E-state index contributed by atoms with van der Waals surface area (Å²) in [6, 6.07) is -1.39. The highest BCUT2D eigenvalue weighted by molar-refractivity contribution is 5.73. The third-order valence-corrected chi connectivity index (χ3v) is 3.12. The lowest BCUT2D eigenvalue weighted by Crippen LogP contribution is -2.56. The molecule has 6 unspecified atom stereocenters. The molecule has 7 N–H and O–H groups in total. The number of aliphatic carboxylic acids is 1. The van der Waals surface area contributed by atoms with E-state index in [-0.39, 0.29) is 0 Å². The smallest absolute Gasteiger partial charge is 0.332 e. The van der Waals surface area contributed by atoms with Crippen LogP contribution in [0.3, 0.4) is 0 Å². The van der Waals surface area contributed by atoms with Crippen LogP contribution in [-0.2, 0) is 9.59 Å². The molecule has 0 saturated carbocycles. The fraction of sp³-hybridized carbons (Fsp3) is 0.833. The molecular weight excluding hydrogens is 286 g/mol. The van der Waals surface area contributed by atoms with E-state index in [9.17, 15) is 30.0 Å². The number of carbonyl (C=O) groups is 2. The summed E-state index contributed by atoms with van der Waals surface area (Å²) >= 11 is 0. The van der Waals surface area contributed by atoms with E-state index < -0.39 is 61.3 Å². The summed E-state index contributed by atoms with van der Waals surface area (Å²) in [5.74, 6) is -2.91. The summed E-state index contributed by atoms with van der Waals surface area (Å²) in [6.07, 6.45) is -7.22. The summed E-state index contributed by atoms with van der Waals surface area (Å²) in [5.41, 5.74) is 0. The Morgan fingerprint density at radius 1 is 1.10 bits per heavy atom. The molecular formula is C12H23NO8. The van der Waals surface area contributed by atoms with Crippen LogP contribution < -0.4 is 5.32 Å². The van der Waals surface area contributed by atoms with E-state index in [1.807, 2.05) is 0 Å². The molecule has 21 heavy (non-hydrogen) atoms. The summed E-state index contributed by atoms with van der Waals surface area (Å²) in [7, 11) is 0. The number of hydrogen-bond acceptors (Lipinski definition) is 7. The van der Waals surface area contributed by atoms with Crippen LogP contribution in [0.15, 0.2) is 0 Å². The third-order valence-electron chi connectivity index (χ3n) is 3.12. The number of hydrogen-bond donors (Lipinski definition) is 7. The number of carbonyl (C=O) groups excluding carboxylic acids is 1. The van der Waals surface area contributed by atoms with Crippen molar-refractivity contribution < 1.29 is 40.2 Å². The predicted molar refractivity (Wildman–Crippen MR) is 70.1 cm³/mol. The van der Waals surface area contributed by atoms with Crippen molar-refractivity contribution in [2.24, 2.45) is 5.92 Å². The third kappa shape index (κ3) is 6.36. The van der Waals surface area contributed by atoms with E-state index in [2.05, 4.69) is 5.32 Å². The molecule has 0 aromatic rings. The van der Waals surface area contributed by atoms with Gasteiger partial charge in [-0.2, -0.15) is 0 Å². The summed E-state index contributed by atoms with van der Waals surface area (Å²) in [5, 5.41) is 58.6. The van der Waals surface area contributed by atoms with E-state index in [0.29, 0.717) is 0 Å². The van der Waals surface area contributed by atoms with Gasteiger partial charge >= 0.3 is 5.97 Å². The van der Waals surface area contributed by atoms with Gasteiger partial charge in [0.05, 0.1) is 18.2 Å². The van der Waals surface area contributed by atoms with Gasteiger partial charge in [-0.25, -0.2) is 4.79 Å². The van der Waals surface area contributed by atoms with Crippen LogP contribution in [0.4, 0.5) is 0 Å². The maximum atomic E-state index is 11.1. The Labute approximate surface area is 121 Å². The molecule has 9 heteroatoms. The first-order valence-corrected chi connectivity index (χ1v) is 6.44. The van der Waals surface area contributed by atoms with Gasteiger partial charge in [0.1, 0.15) is 6.10 Å². The average molecular weight is 309 g/mol. The van der Waals surface area contributed by atoms with Gasteiger partial charge in [0.25, 0.3) is 0 Å². The van der Waals surface area contributed by atoms with E-state index in [1.165, 1.54) is 6.92 Å².